The summed E-state index contributed by atoms with van der Waals surface area (Å²) < 4.78 is 17.4. The lowest BCUT2D eigenvalue weighted by Gasteiger charge is -2.33. The number of rotatable bonds is 10. The highest BCUT2D eigenvalue weighted by Gasteiger charge is 2.41. The molecule has 172 valence electrons. The molecule has 2 heterocycles. The molecule has 0 fully saturated rings. The van der Waals surface area contributed by atoms with Gasteiger partial charge in [0.25, 0.3) is 5.72 Å². The Morgan fingerprint density at radius 2 is 2.06 bits per heavy atom. The Morgan fingerprint density at radius 3 is 2.82 bits per heavy atom. The van der Waals surface area contributed by atoms with Gasteiger partial charge in [0.1, 0.15) is 12.4 Å². The molecule has 0 aliphatic carbocycles. The van der Waals surface area contributed by atoms with E-state index in [2.05, 4.69) is 27.5 Å². The quantitative estimate of drug-likeness (QED) is 0.271. The number of nitrogens with two attached hydrogens (primary N) is 1. The maximum Gasteiger partial charge on any atom is 0.257 e. The van der Waals surface area contributed by atoms with Crippen molar-refractivity contribution in [3.8, 4) is 17.2 Å². The molecule has 1 unspecified atom stereocenters. The largest absolute Gasteiger partial charge is 0.483 e. The molecule has 0 amide bonds. The molecule has 0 spiro atoms. The maximum atomic E-state index is 13.2. The minimum absolute atomic E-state index is 0.0185. The number of nitrogens with one attached hydrogen (secondary N) is 1. The second-order valence-electron chi connectivity index (χ2n) is 7.84. The zero-order valence-corrected chi connectivity index (χ0v) is 18.5. The monoisotopic (exact) mass is 449 g/mol. The third kappa shape index (κ3) is 5.20. The number of carbonyl (C=O) groups is 1. The van der Waals surface area contributed by atoms with Crippen LogP contribution >= 0.6 is 0 Å². The van der Waals surface area contributed by atoms with Crippen LogP contribution in [-0.4, -0.2) is 33.0 Å². The van der Waals surface area contributed by atoms with E-state index in [0.29, 0.717) is 22.6 Å². The van der Waals surface area contributed by atoms with Gasteiger partial charge in [-0.3, -0.25) is 10.5 Å². The van der Waals surface area contributed by atoms with Crippen molar-refractivity contribution in [2.45, 2.75) is 44.8 Å². The third-order valence-electron chi connectivity index (χ3n) is 5.31. The Kier molecular flexibility index (Phi) is 6.99. The molecule has 3 aromatic rings. The van der Waals surface area contributed by atoms with Gasteiger partial charge >= 0.3 is 0 Å². The molecule has 3 N–H and O–H groups in total. The Bertz CT molecular complexity index is 1100. The van der Waals surface area contributed by atoms with Gasteiger partial charge in [0, 0.05) is 5.56 Å². The number of ketones is 1. The Balaban J connectivity index is 1.44. The number of H-pyrrole nitrogens is 1. The van der Waals surface area contributed by atoms with E-state index in [1.54, 1.807) is 48.7 Å². The Hall–Kier alpha value is -3.72. The molecule has 9 heteroatoms. The standard InChI is InChI=1S/C24H27N5O4/c1-2-3-4-5-6-7-15-31-18-13-11-17(12-14-18)21(30)19-9-8-10-20-22(19)33-24(25,16-32-20)23-26-28-29-27-23/h7-15H,2-6,16,25H2,1H3,(H,26,27,28,29)/b15-7+. The Morgan fingerprint density at radius 1 is 1.21 bits per heavy atom. The number of tetrazole rings is 1. The molecule has 0 bridgehead atoms. The smallest absolute Gasteiger partial charge is 0.257 e. The van der Waals surface area contributed by atoms with Gasteiger partial charge in [-0.25, -0.2) is 0 Å². The van der Waals surface area contributed by atoms with Crippen LogP contribution in [0.1, 0.15) is 60.8 Å². The number of hydrogen-bond donors (Lipinski definition) is 2. The lowest BCUT2D eigenvalue weighted by molar-refractivity contribution is -0.0154. The van der Waals surface area contributed by atoms with Crippen LogP contribution in [0.2, 0.25) is 0 Å². The summed E-state index contributed by atoms with van der Waals surface area (Å²) in [6.45, 7) is 2.18. The molecule has 0 saturated heterocycles. The topological polar surface area (TPSA) is 125 Å². The minimum atomic E-state index is -1.46. The second kappa shape index (κ2) is 10.3. The van der Waals surface area contributed by atoms with Crippen LogP contribution in [0, 0.1) is 0 Å². The first-order chi connectivity index (χ1) is 16.1. The van der Waals surface area contributed by atoms with Crippen LogP contribution in [0.3, 0.4) is 0 Å². The molecule has 4 rings (SSSR count). The van der Waals surface area contributed by atoms with E-state index in [9.17, 15) is 4.79 Å². The zero-order valence-electron chi connectivity index (χ0n) is 18.5. The number of unbranched alkanes of at least 4 members (excludes halogenated alkanes) is 4. The van der Waals surface area contributed by atoms with Crippen LogP contribution in [0.25, 0.3) is 0 Å². The van der Waals surface area contributed by atoms with Crippen molar-refractivity contribution in [2.24, 2.45) is 5.73 Å². The number of ether oxygens (including phenoxy) is 3. The highest BCUT2D eigenvalue weighted by Crippen LogP contribution is 2.40. The van der Waals surface area contributed by atoms with Gasteiger partial charge in [-0.2, -0.15) is 5.21 Å². The van der Waals surface area contributed by atoms with E-state index in [1.807, 2.05) is 6.08 Å². The summed E-state index contributed by atoms with van der Waals surface area (Å²) in [4.78, 5) is 13.2. The van der Waals surface area contributed by atoms with Crippen molar-refractivity contribution in [1.82, 2.24) is 20.6 Å². The second-order valence-corrected chi connectivity index (χ2v) is 7.84. The van der Waals surface area contributed by atoms with E-state index in [1.165, 1.54) is 19.3 Å². The lowest BCUT2D eigenvalue weighted by Crippen LogP contribution is -2.51. The van der Waals surface area contributed by atoms with Crippen molar-refractivity contribution < 1.29 is 19.0 Å². The van der Waals surface area contributed by atoms with Gasteiger partial charge in [0.2, 0.25) is 5.82 Å². The van der Waals surface area contributed by atoms with Gasteiger partial charge < -0.3 is 14.2 Å². The highest BCUT2D eigenvalue weighted by atomic mass is 16.6. The van der Waals surface area contributed by atoms with Gasteiger partial charge in [-0.15, -0.1) is 10.2 Å². The zero-order chi connectivity index (χ0) is 23.1. The molecule has 1 aliphatic heterocycles. The van der Waals surface area contributed by atoms with Crippen molar-refractivity contribution in [1.29, 1.82) is 0 Å². The third-order valence-corrected chi connectivity index (χ3v) is 5.31. The molecular weight excluding hydrogens is 422 g/mol. The minimum Gasteiger partial charge on any atom is -0.483 e. The van der Waals surface area contributed by atoms with Gasteiger partial charge in [0.05, 0.1) is 11.8 Å². The SMILES string of the molecule is CCCCCC/C=C/Oc1ccc(C(=O)c2cccc3c2OC(N)(c2nn[nH]n2)CO3)cc1. The number of allylic oxidation sites excluding steroid dienone is 1. The van der Waals surface area contributed by atoms with Crippen LogP contribution < -0.4 is 19.9 Å². The van der Waals surface area contributed by atoms with E-state index in [4.69, 9.17) is 19.9 Å². The summed E-state index contributed by atoms with van der Waals surface area (Å²) in [5, 5.41) is 13.7. The molecule has 33 heavy (non-hydrogen) atoms. The van der Waals surface area contributed by atoms with Crippen LogP contribution in [0.15, 0.2) is 54.8 Å². The average Bonchev–Trinajstić information content (AvgIpc) is 3.39. The van der Waals surface area contributed by atoms with Crippen molar-refractivity contribution in [2.75, 3.05) is 6.61 Å². The molecule has 0 saturated carbocycles. The maximum absolute atomic E-state index is 13.2. The Labute approximate surface area is 191 Å². The highest BCUT2D eigenvalue weighted by molar-refractivity contribution is 6.11. The summed E-state index contributed by atoms with van der Waals surface area (Å²) in [5.74, 6) is 1.23. The molecular formula is C24H27N5O4. The number of benzene rings is 2. The molecule has 2 aromatic carbocycles. The summed E-state index contributed by atoms with van der Waals surface area (Å²) in [7, 11) is 0. The van der Waals surface area contributed by atoms with Crippen molar-refractivity contribution in [3.05, 3.63) is 71.8 Å². The number of hydrogen-bond acceptors (Lipinski definition) is 8. The average molecular weight is 450 g/mol. The predicted molar refractivity (Wildman–Crippen MR) is 121 cm³/mol. The van der Waals surface area contributed by atoms with E-state index in [0.717, 1.165) is 12.8 Å². The van der Waals surface area contributed by atoms with Crippen LogP contribution in [-0.2, 0) is 5.72 Å². The van der Waals surface area contributed by atoms with Gasteiger partial charge in [-0.05, 0) is 60.5 Å². The van der Waals surface area contributed by atoms with Gasteiger partial charge in [-0.1, -0.05) is 32.3 Å². The number of nitrogens with zero attached hydrogens (tertiary/aromatic N) is 3. The molecule has 1 aromatic heterocycles. The van der Waals surface area contributed by atoms with Crippen LogP contribution in [0.5, 0.6) is 17.2 Å². The summed E-state index contributed by atoms with van der Waals surface area (Å²) in [6.07, 6.45) is 9.58. The molecule has 1 atom stereocenters. The van der Waals surface area contributed by atoms with E-state index < -0.39 is 5.72 Å². The molecule has 9 nitrogen and oxygen atoms in total. The predicted octanol–water partition coefficient (Wildman–Crippen LogP) is 3.88. The van der Waals surface area contributed by atoms with Crippen molar-refractivity contribution >= 4 is 5.78 Å². The number of aromatic amines is 1. The number of carbonyl (C=O) groups excluding carboxylic acids is 1. The number of aromatic nitrogens is 4. The number of para-hydroxylation sites is 1. The van der Waals surface area contributed by atoms with Crippen molar-refractivity contribution in [3.63, 3.8) is 0 Å². The molecule has 0 radical (unpaired) electrons. The summed E-state index contributed by atoms with van der Waals surface area (Å²) in [6, 6.07) is 12.1. The van der Waals surface area contributed by atoms with E-state index in [-0.39, 0.29) is 24.0 Å². The summed E-state index contributed by atoms with van der Waals surface area (Å²) in [5.41, 5.74) is 5.64. The summed E-state index contributed by atoms with van der Waals surface area (Å²) >= 11 is 0. The first-order valence-corrected chi connectivity index (χ1v) is 11.0. The van der Waals surface area contributed by atoms with Crippen LogP contribution in [0.4, 0.5) is 0 Å². The fraction of sp³-hybridized carbons (Fsp3) is 0.333. The van der Waals surface area contributed by atoms with Gasteiger partial charge in [0.15, 0.2) is 17.3 Å². The fourth-order valence-electron chi connectivity index (χ4n) is 3.49. The lowest BCUT2D eigenvalue weighted by atomic mass is 10.0. The normalized spacial score (nSPS) is 17.3. The number of fused-ring (bicyclic) bond motifs is 1. The first-order valence-electron chi connectivity index (χ1n) is 11.0. The van der Waals surface area contributed by atoms with E-state index >= 15 is 0 Å². The molecule has 1 aliphatic rings. The first kappa shape index (κ1) is 22.5. The fourth-order valence-corrected chi connectivity index (χ4v) is 3.49.